The summed E-state index contributed by atoms with van der Waals surface area (Å²) in [5, 5.41) is 0. The van der Waals surface area contributed by atoms with Gasteiger partial charge >= 0.3 is 0 Å². The molecule has 1 heterocycles. The quantitative estimate of drug-likeness (QED) is 0.896. The minimum Gasteiger partial charge on any atom is -0.378 e. The van der Waals surface area contributed by atoms with Gasteiger partial charge in [-0.25, -0.2) is 0 Å². The smallest absolute Gasteiger partial charge is 0.224 e. The van der Waals surface area contributed by atoms with Gasteiger partial charge in [0.05, 0.1) is 6.04 Å². The number of amides is 1. The number of carbonyl (C=O) groups excluding carboxylic acids is 1. The molecule has 0 spiro atoms. The summed E-state index contributed by atoms with van der Waals surface area (Å²) in [4.78, 5) is 16.1. The van der Waals surface area contributed by atoms with Gasteiger partial charge in [-0.3, -0.25) is 4.79 Å². The maximum Gasteiger partial charge on any atom is 0.224 e. The Bertz CT molecular complexity index is 455. The number of anilines is 1. The van der Waals surface area contributed by atoms with Gasteiger partial charge in [-0.05, 0) is 24.1 Å². The van der Waals surface area contributed by atoms with Crippen LogP contribution in [0.3, 0.4) is 0 Å². The fourth-order valence-electron chi connectivity index (χ4n) is 2.81. The van der Waals surface area contributed by atoms with Crippen LogP contribution in [0, 0.1) is 0 Å². The van der Waals surface area contributed by atoms with Crippen molar-refractivity contribution < 1.29 is 4.79 Å². The fourth-order valence-corrected chi connectivity index (χ4v) is 2.81. The molecule has 0 saturated carbocycles. The van der Waals surface area contributed by atoms with E-state index in [4.69, 9.17) is 5.73 Å². The van der Waals surface area contributed by atoms with E-state index in [0.717, 1.165) is 30.6 Å². The van der Waals surface area contributed by atoms with Crippen LogP contribution < -0.4 is 10.6 Å². The summed E-state index contributed by atoms with van der Waals surface area (Å²) >= 11 is 0. The Morgan fingerprint density at radius 1 is 1.30 bits per heavy atom. The summed E-state index contributed by atoms with van der Waals surface area (Å²) in [6.07, 6.45) is 2.58. The largest absolute Gasteiger partial charge is 0.378 e. The summed E-state index contributed by atoms with van der Waals surface area (Å²) in [5.41, 5.74) is 8.49. The standard InChI is InChI=1S/C16H25N3O/c1-4-5-10-19-15(20)11-14(17)16(19)12-6-8-13(9-7-12)18(2)3/h6-9,14,16H,4-5,10-11,17H2,1-3H3. The van der Waals surface area contributed by atoms with Crippen molar-refractivity contribution in [3.05, 3.63) is 29.8 Å². The lowest BCUT2D eigenvalue weighted by atomic mass is 10.00. The van der Waals surface area contributed by atoms with Gasteiger partial charge in [0.15, 0.2) is 0 Å². The van der Waals surface area contributed by atoms with Gasteiger partial charge in [0.1, 0.15) is 0 Å². The molecule has 4 nitrogen and oxygen atoms in total. The van der Waals surface area contributed by atoms with Crippen LogP contribution >= 0.6 is 0 Å². The predicted molar refractivity (Wildman–Crippen MR) is 82.7 cm³/mol. The van der Waals surface area contributed by atoms with Gasteiger partial charge in [0.25, 0.3) is 0 Å². The van der Waals surface area contributed by atoms with E-state index in [1.54, 1.807) is 0 Å². The van der Waals surface area contributed by atoms with Gasteiger partial charge in [-0.15, -0.1) is 0 Å². The van der Waals surface area contributed by atoms with Crippen LogP contribution in [0.5, 0.6) is 0 Å². The lowest BCUT2D eigenvalue weighted by Crippen LogP contribution is -2.33. The van der Waals surface area contributed by atoms with Crippen molar-refractivity contribution in [2.75, 3.05) is 25.5 Å². The highest BCUT2D eigenvalue weighted by Crippen LogP contribution is 2.33. The summed E-state index contributed by atoms with van der Waals surface area (Å²) in [5.74, 6) is 0.188. The zero-order valence-electron chi connectivity index (χ0n) is 12.7. The van der Waals surface area contributed by atoms with E-state index in [9.17, 15) is 4.79 Å². The Kier molecular flexibility index (Phi) is 4.65. The number of hydrogen-bond donors (Lipinski definition) is 1. The second-order valence-electron chi connectivity index (χ2n) is 5.74. The zero-order valence-corrected chi connectivity index (χ0v) is 12.7. The summed E-state index contributed by atoms with van der Waals surface area (Å²) in [7, 11) is 4.04. The molecule has 2 atom stereocenters. The van der Waals surface area contributed by atoms with E-state index in [1.165, 1.54) is 0 Å². The SMILES string of the molecule is CCCCN1C(=O)CC(N)C1c1ccc(N(C)C)cc1. The molecule has 1 amide bonds. The molecular weight excluding hydrogens is 250 g/mol. The Morgan fingerprint density at radius 3 is 2.50 bits per heavy atom. The maximum atomic E-state index is 12.1. The molecule has 1 aromatic rings. The van der Waals surface area contributed by atoms with Gasteiger partial charge in [0, 0.05) is 38.8 Å². The summed E-state index contributed by atoms with van der Waals surface area (Å²) in [6.45, 7) is 2.95. The topological polar surface area (TPSA) is 49.6 Å². The van der Waals surface area contributed by atoms with E-state index < -0.39 is 0 Å². The van der Waals surface area contributed by atoms with Crippen LogP contribution in [0.4, 0.5) is 5.69 Å². The number of hydrogen-bond acceptors (Lipinski definition) is 3. The molecule has 2 rings (SSSR count). The van der Waals surface area contributed by atoms with Crippen LogP contribution in [0.1, 0.15) is 37.8 Å². The third kappa shape index (κ3) is 2.96. The average molecular weight is 275 g/mol. The molecule has 1 aliphatic rings. The Morgan fingerprint density at radius 2 is 1.95 bits per heavy atom. The van der Waals surface area contributed by atoms with Crippen LogP contribution in [0.2, 0.25) is 0 Å². The third-order valence-electron chi connectivity index (χ3n) is 3.98. The van der Waals surface area contributed by atoms with E-state index in [-0.39, 0.29) is 18.0 Å². The highest BCUT2D eigenvalue weighted by atomic mass is 16.2. The van der Waals surface area contributed by atoms with Gasteiger partial charge < -0.3 is 15.5 Å². The van der Waals surface area contributed by atoms with Gasteiger partial charge in [-0.2, -0.15) is 0 Å². The number of nitrogens with two attached hydrogens (primary N) is 1. The van der Waals surface area contributed by atoms with E-state index in [1.807, 2.05) is 19.0 Å². The number of nitrogens with zero attached hydrogens (tertiary/aromatic N) is 2. The summed E-state index contributed by atoms with van der Waals surface area (Å²) < 4.78 is 0. The molecule has 0 bridgehead atoms. The molecule has 110 valence electrons. The molecule has 0 aromatic heterocycles. The minimum absolute atomic E-state index is 0.0327. The fraction of sp³-hybridized carbons (Fsp3) is 0.562. The van der Waals surface area contributed by atoms with Crippen molar-refractivity contribution >= 4 is 11.6 Å². The average Bonchev–Trinajstić information content (AvgIpc) is 2.70. The number of unbranched alkanes of at least 4 members (excludes halogenated alkanes) is 1. The Labute approximate surface area is 121 Å². The number of carbonyl (C=O) groups is 1. The van der Waals surface area contributed by atoms with Crippen LogP contribution in [-0.4, -0.2) is 37.5 Å². The van der Waals surface area contributed by atoms with Crippen LogP contribution in [0.15, 0.2) is 24.3 Å². The molecule has 2 unspecified atom stereocenters. The molecule has 1 fully saturated rings. The first-order chi connectivity index (χ1) is 9.54. The van der Waals surface area contributed by atoms with E-state index >= 15 is 0 Å². The molecular formula is C16H25N3O. The van der Waals surface area contributed by atoms with Crippen molar-refractivity contribution in [1.29, 1.82) is 0 Å². The third-order valence-corrected chi connectivity index (χ3v) is 3.98. The second-order valence-corrected chi connectivity index (χ2v) is 5.74. The minimum atomic E-state index is -0.0930. The van der Waals surface area contributed by atoms with Gasteiger partial charge in [-0.1, -0.05) is 25.5 Å². The molecule has 20 heavy (non-hydrogen) atoms. The van der Waals surface area contributed by atoms with Gasteiger partial charge in [0.2, 0.25) is 5.91 Å². The highest BCUT2D eigenvalue weighted by molar-refractivity contribution is 5.80. The summed E-state index contributed by atoms with van der Waals surface area (Å²) in [6, 6.07) is 8.30. The molecule has 1 aromatic carbocycles. The van der Waals surface area contributed by atoms with Crippen molar-refractivity contribution in [1.82, 2.24) is 4.90 Å². The molecule has 2 N–H and O–H groups in total. The molecule has 0 radical (unpaired) electrons. The zero-order chi connectivity index (χ0) is 14.7. The monoisotopic (exact) mass is 275 g/mol. The number of benzene rings is 1. The predicted octanol–water partition coefficient (Wildman–Crippen LogP) is 2.15. The van der Waals surface area contributed by atoms with Crippen molar-refractivity contribution in [2.24, 2.45) is 5.73 Å². The van der Waals surface area contributed by atoms with Crippen LogP contribution in [-0.2, 0) is 4.79 Å². The Balaban J connectivity index is 2.21. The van der Waals surface area contributed by atoms with E-state index in [2.05, 4.69) is 36.1 Å². The number of rotatable bonds is 5. The first-order valence-corrected chi connectivity index (χ1v) is 7.37. The normalized spacial score (nSPS) is 22.4. The maximum absolute atomic E-state index is 12.1. The Hall–Kier alpha value is -1.55. The molecule has 1 saturated heterocycles. The highest BCUT2D eigenvalue weighted by Gasteiger charge is 2.37. The molecule has 0 aliphatic carbocycles. The first-order valence-electron chi connectivity index (χ1n) is 7.37. The first kappa shape index (κ1) is 14.9. The molecule has 4 heteroatoms. The van der Waals surface area contributed by atoms with Crippen molar-refractivity contribution in [2.45, 2.75) is 38.3 Å². The second kappa shape index (κ2) is 6.27. The van der Waals surface area contributed by atoms with Crippen molar-refractivity contribution in [3.8, 4) is 0 Å². The van der Waals surface area contributed by atoms with E-state index in [0.29, 0.717) is 6.42 Å². The number of likely N-dealkylation sites (tertiary alicyclic amines) is 1. The van der Waals surface area contributed by atoms with Crippen molar-refractivity contribution in [3.63, 3.8) is 0 Å². The lowest BCUT2D eigenvalue weighted by Gasteiger charge is -2.27. The lowest BCUT2D eigenvalue weighted by molar-refractivity contribution is -0.129. The molecule has 1 aliphatic heterocycles. The van der Waals surface area contributed by atoms with Crippen LogP contribution in [0.25, 0.3) is 0 Å².